The molecule has 40 heavy (non-hydrogen) atoms. The Balaban J connectivity index is 1.52. The Hall–Kier alpha value is -3.71. The van der Waals surface area contributed by atoms with Crippen molar-refractivity contribution in [2.45, 2.75) is 17.6 Å². The molecule has 0 amide bonds. The van der Waals surface area contributed by atoms with Crippen molar-refractivity contribution in [3.05, 3.63) is 101 Å². The highest BCUT2D eigenvalue weighted by Crippen LogP contribution is 2.41. The minimum absolute atomic E-state index is 0.0561. The normalized spacial score (nSPS) is 11.4. The Kier molecular flexibility index (Phi) is 8.22. The molecule has 13 heteroatoms. The topological polar surface area (TPSA) is 86.0 Å². The van der Waals surface area contributed by atoms with Crippen molar-refractivity contribution in [3.63, 3.8) is 0 Å². The molecule has 2 heterocycles. The van der Waals surface area contributed by atoms with Gasteiger partial charge in [-0.15, -0.1) is 10.2 Å². The predicted molar refractivity (Wildman–Crippen MR) is 149 cm³/mol. The van der Waals surface area contributed by atoms with Crippen LogP contribution < -0.4 is 15.2 Å². The van der Waals surface area contributed by atoms with E-state index in [1.807, 2.05) is 0 Å². The van der Waals surface area contributed by atoms with Gasteiger partial charge < -0.3 is 10.5 Å². The van der Waals surface area contributed by atoms with Gasteiger partial charge in [0, 0.05) is 24.4 Å². The maximum Gasteiger partial charge on any atom is 0.416 e. The first-order valence-corrected chi connectivity index (χ1v) is 13.6. The molecule has 0 spiro atoms. The van der Waals surface area contributed by atoms with Crippen molar-refractivity contribution in [1.29, 1.82) is 0 Å². The van der Waals surface area contributed by atoms with Crippen LogP contribution >= 0.6 is 34.9 Å². The zero-order valence-electron chi connectivity index (χ0n) is 20.2. The number of nitrogens with zero attached hydrogens (tertiary/aromatic N) is 3. The summed E-state index contributed by atoms with van der Waals surface area (Å²) in [5.74, 6) is -0.225. The number of rotatable bonds is 8. The predicted octanol–water partition coefficient (Wildman–Crippen LogP) is 8.45. The number of benzene rings is 3. The zero-order valence-corrected chi connectivity index (χ0v) is 22.6. The van der Waals surface area contributed by atoms with Crippen LogP contribution in [-0.2, 0) is 12.7 Å². The molecule has 5 aromatic rings. The number of hydrogen-bond donors (Lipinski definition) is 2. The highest BCUT2D eigenvalue weighted by Gasteiger charge is 2.30. The summed E-state index contributed by atoms with van der Waals surface area (Å²) >= 11 is 8.70. The summed E-state index contributed by atoms with van der Waals surface area (Å²) < 4.78 is 63.9. The van der Waals surface area contributed by atoms with Crippen LogP contribution in [0.25, 0.3) is 22.3 Å². The molecule has 0 bridgehead atoms. The number of nitrogens with one attached hydrogen (secondary N) is 1. The third-order valence-corrected chi connectivity index (χ3v) is 7.51. The molecule has 0 fully saturated rings. The minimum Gasteiger partial charge on any atom is -0.455 e. The molecular weight excluding hydrogens is 586 g/mol. The molecule has 0 aliphatic rings. The van der Waals surface area contributed by atoms with Gasteiger partial charge in [-0.3, -0.25) is 9.71 Å². The first kappa shape index (κ1) is 27.8. The second-order valence-corrected chi connectivity index (χ2v) is 10.4. The number of nitrogens with two attached hydrogens (primary N) is 1. The molecule has 0 atom stereocenters. The Morgan fingerprint density at radius 2 is 1.80 bits per heavy atom. The van der Waals surface area contributed by atoms with Crippen LogP contribution in [0.1, 0.15) is 11.3 Å². The van der Waals surface area contributed by atoms with E-state index in [1.165, 1.54) is 23.5 Å². The van der Waals surface area contributed by atoms with E-state index in [0.717, 1.165) is 30.1 Å². The smallest absolute Gasteiger partial charge is 0.416 e. The van der Waals surface area contributed by atoms with Gasteiger partial charge in [-0.2, -0.15) is 13.2 Å². The van der Waals surface area contributed by atoms with Crippen LogP contribution in [-0.4, -0.2) is 15.2 Å². The third-order valence-electron chi connectivity index (χ3n) is 5.65. The fourth-order valence-corrected chi connectivity index (χ4v) is 5.20. The quantitative estimate of drug-likeness (QED) is 0.136. The lowest BCUT2D eigenvalue weighted by atomic mass is 9.97. The SMILES string of the molecule is NCc1cc(-c2cc(-c3cccc(C(F)(F)F)c3)ccc2Oc2cc(F)c(SNc3nncs3)cc2Cl)ccn1. The number of ether oxygens (including phenoxy) is 1. The number of halogens is 5. The van der Waals surface area contributed by atoms with Crippen LogP contribution in [0.4, 0.5) is 22.7 Å². The average Bonchev–Trinajstić information content (AvgIpc) is 3.48. The van der Waals surface area contributed by atoms with Crippen molar-refractivity contribution in [1.82, 2.24) is 15.2 Å². The van der Waals surface area contributed by atoms with Gasteiger partial charge >= 0.3 is 6.18 Å². The second-order valence-electron chi connectivity index (χ2n) is 8.29. The number of hydrogen-bond acceptors (Lipinski definition) is 8. The molecule has 0 radical (unpaired) electrons. The number of pyridine rings is 1. The van der Waals surface area contributed by atoms with Crippen LogP contribution in [0.3, 0.4) is 0 Å². The molecule has 5 rings (SSSR count). The van der Waals surface area contributed by atoms with Crippen LogP contribution in [0, 0.1) is 5.82 Å². The van der Waals surface area contributed by atoms with E-state index in [-0.39, 0.29) is 22.2 Å². The molecule has 204 valence electrons. The molecule has 0 aliphatic heterocycles. The Bertz CT molecular complexity index is 1650. The van der Waals surface area contributed by atoms with E-state index in [0.29, 0.717) is 38.8 Å². The van der Waals surface area contributed by atoms with Crippen molar-refractivity contribution in [3.8, 4) is 33.8 Å². The second kappa shape index (κ2) is 11.8. The lowest BCUT2D eigenvalue weighted by Crippen LogP contribution is -2.04. The van der Waals surface area contributed by atoms with Crippen molar-refractivity contribution in [2.24, 2.45) is 5.73 Å². The number of alkyl halides is 3. The zero-order chi connectivity index (χ0) is 28.3. The summed E-state index contributed by atoms with van der Waals surface area (Å²) in [4.78, 5) is 4.43. The molecular formula is C27H18ClF4N5OS2. The summed E-state index contributed by atoms with van der Waals surface area (Å²) in [7, 11) is 0. The first-order valence-electron chi connectivity index (χ1n) is 11.5. The highest BCUT2D eigenvalue weighted by atomic mass is 35.5. The van der Waals surface area contributed by atoms with Gasteiger partial charge in [-0.25, -0.2) is 4.39 Å². The van der Waals surface area contributed by atoms with Gasteiger partial charge in [0.2, 0.25) is 5.13 Å². The number of aromatic nitrogens is 3. The molecule has 3 aromatic carbocycles. The standard InChI is InChI=1S/C27H18ClF4N5OS2/c28-21-11-25(40-37-26-36-35-14-39-26)22(29)12-24(21)38-23-5-4-16(15-2-1-3-18(8-15)27(30,31)32)10-20(23)17-6-7-34-19(9-17)13-33/h1-12,14H,13,33H2,(H,36,37). The van der Waals surface area contributed by atoms with Gasteiger partial charge in [-0.1, -0.05) is 41.1 Å². The molecule has 0 saturated heterocycles. The van der Waals surface area contributed by atoms with Crippen molar-refractivity contribution >= 4 is 40.0 Å². The summed E-state index contributed by atoms with van der Waals surface area (Å²) in [6, 6.07) is 16.0. The Labute approximate surface area is 239 Å². The maximum absolute atomic E-state index is 15.0. The van der Waals surface area contributed by atoms with E-state index in [9.17, 15) is 17.6 Å². The molecule has 6 nitrogen and oxygen atoms in total. The highest BCUT2D eigenvalue weighted by molar-refractivity contribution is 8.00. The van der Waals surface area contributed by atoms with E-state index in [2.05, 4.69) is 19.9 Å². The molecule has 0 unspecified atom stereocenters. The lowest BCUT2D eigenvalue weighted by Gasteiger charge is -2.16. The van der Waals surface area contributed by atoms with Gasteiger partial charge in [0.05, 0.1) is 21.2 Å². The van der Waals surface area contributed by atoms with Gasteiger partial charge in [-0.05, 0) is 71.1 Å². The Morgan fingerprint density at radius 1 is 0.975 bits per heavy atom. The minimum atomic E-state index is -4.49. The lowest BCUT2D eigenvalue weighted by molar-refractivity contribution is -0.137. The summed E-state index contributed by atoms with van der Waals surface area (Å²) in [6.07, 6.45) is -2.91. The van der Waals surface area contributed by atoms with Gasteiger partial charge in [0.25, 0.3) is 0 Å². The van der Waals surface area contributed by atoms with E-state index >= 15 is 0 Å². The number of anilines is 1. The van der Waals surface area contributed by atoms with Gasteiger partial charge in [0.1, 0.15) is 22.8 Å². The molecule has 0 aliphatic carbocycles. The van der Waals surface area contributed by atoms with E-state index < -0.39 is 17.6 Å². The van der Waals surface area contributed by atoms with Crippen LogP contribution in [0.5, 0.6) is 11.5 Å². The van der Waals surface area contributed by atoms with Crippen molar-refractivity contribution in [2.75, 3.05) is 4.72 Å². The van der Waals surface area contributed by atoms with E-state index in [4.69, 9.17) is 22.1 Å². The largest absolute Gasteiger partial charge is 0.455 e. The maximum atomic E-state index is 15.0. The monoisotopic (exact) mass is 603 g/mol. The summed E-state index contributed by atoms with van der Waals surface area (Å²) in [5, 5.41) is 8.20. The third kappa shape index (κ3) is 6.36. The molecule has 0 saturated carbocycles. The fraction of sp³-hybridized carbons (Fsp3) is 0.0741. The fourth-order valence-electron chi connectivity index (χ4n) is 3.76. The first-order chi connectivity index (χ1) is 19.2. The van der Waals surface area contributed by atoms with E-state index in [1.54, 1.807) is 48.1 Å². The summed E-state index contributed by atoms with van der Waals surface area (Å²) in [6.45, 7) is 0.179. The molecule has 3 N–H and O–H groups in total. The van der Waals surface area contributed by atoms with Crippen LogP contribution in [0.15, 0.2) is 83.3 Å². The van der Waals surface area contributed by atoms with Crippen LogP contribution in [0.2, 0.25) is 5.02 Å². The van der Waals surface area contributed by atoms with Gasteiger partial charge in [0.15, 0.2) is 0 Å². The summed E-state index contributed by atoms with van der Waals surface area (Å²) in [5.41, 5.74) is 9.22. The van der Waals surface area contributed by atoms with Crippen molar-refractivity contribution < 1.29 is 22.3 Å². The molecule has 2 aromatic heterocycles. The Morgan fingerprint density at radius 3 is 2.55 bits per heavy atom. The average molecular weight is 604 g/mol.